The van der Waals surface area contributed by atoms with E-state index in [0.717, 1.165) is 12.8 Å². The van der Waals surface area contributed by atoms with Crippen molar-refractivity contribution >= 4 is 5.97 Å². The Morgan fingerprint density at radius 3 is 2.57 bits per heavy atom. The summed E-state index contributed by atoms with van der Waals surface area (Å²) in [5.41, 5.74) is 2.52. The first-order chi connectivity index (χ1) is 10.1. The monoisotopic (exact) mass is 286 g/mol. The van der Waals surface area contributed by atoms with Crippen LogP contribution in [0.4, 0.5) is 0 Å². The molecule has 0 aliphatic carbocycles. The van der Waals surface area contributed by atoms with Crippen molar-refractivity contribution in [1.82, 2.24) is 10.2 Å². The van der Waals surface area contributed by atoms with Gasteiger partial charge in [0.1, 0.15) is 5.56 Å². The van der Waals surface area contributed by atoms with Crippen LogP contribution in [0.15, 0.2) is 30.3 Å². The van der Waals surface area contributed by atoms with Crippen molar-refractivity contribution in [3.8, 4) is 5.88 Å². The van der Waals surface area contributed by atoms with Gasteiger partial charge < -0.3 is 9.84 Å². The number of carbonyl (C=O) groups is 1. The van der Waals surface area contributed by atoms with Crippen molar-refractivity contribution in [3.63, 3.8) is 0 Å². The second-order valence-electron chi connectivity index (χ2n) is 4.83. The number of hydrogen-bond acceptors (Lipinski definition) is 4. The Bertz CT molecular complexity index is 627. The molecule has 2 rings (SSSR count). The zero-order valence-corrected chi connectivity index (χ0v) is 12.2. The van der Waals surface area contributed by atoms with Crippen LogP contribution in [0.3, 0.4) is 0 Å². The molecule has 1 aromatic carbocycles. The predicted molar refractivity (Wildman–Crippen MR) is 78.7 cm³/mol. The van der Waals surface area contributed by atoms with Gasteiger partial charge in [-0.1, -0.05) is 30.3 Å². The molecule has 0 aliphatic rings. The van der Waals surface area contributed by atoms with Crippen molar-refractivity contribution in [1.29, 1.82) is 0 Å². The van der Waals surface area contributed by atoms with E-state index in [9.17, 15) is 9.90 Å². The van der Waals surface area contributed by atoms with Crippen LogP contribution in [0.2, 0.25) is 0 Å². The minimum absolute atomic E-state index is 0.0960. The molecule has 5 heteroatoms. The second-order valence-corrected chi connectivity index (χ2v) is 4.83. The summed E-state index contributed by atoms with van der Waals surface area (Å²) in [5.74, 6) is -0.942. The first-order valence-electron chi connectivity index (χ1n) is 6.83. The molecule has 0 saturated carbocycles. The van der Waals surface area contributed by atoms with Crippen LogP contribution < -0.4 is 4.74 Å². The highest BCUT2D eigenvalue weighted by molar-refractivity contribution is 5.91. The van der Waals surface area contributed by atoms with Gasteiger partial charge in [-0.05, 0) is 37.8 Å². The third-order valence-electron chi connectivity index (χ3n) is 3.33. The highest BCUT2D eigenvalue weighted by Gasteiger charge is 2.18. The van der Waals surface area contributed by atoms with Crippen LogP contribution in [0.1, 0.15) is 33.6 Å². The van der Waals surface area contributed by atoms with Gasteiger partial charge in [-0.2, -0.15) is 5.10 Å². The molecule has 0 aliphatic heterocycles. The summed E-state index contributed by atoms with van der Waals surface area (Å²) in [5, 5.41) is 17.0. The zero-order valence-electron chi connectivity index (χ0n) is 12.2. The van der Waals surface area contributed by atoms with Gasteiger partial charge in [-0.3, -0.25) is 0 Å². The summed E-state index contributed by atoms with van der Waals surface area (Å²) >= 11 is 0. The number of ether oxygens (including phenoxy) is 1. The molecule has 0 atom stereocenters. The Hall–Kier alpha value is -2.43. The Balaban J connectivity index is 1.97. The van der Waals surface area contributed by atoms with Crippen LogP contribution in [0.5, 0.6) is 5.88 Å². The molecule has 1 N–H and O–H groups in total. The zero-order chi connectivity index (χ0) is 15.2. The lowest BCUT2D eigenvalue weighted by molar-refractivity contribution is 0.0689. The third-order valence-corrected chi connectivity index (χ3v) is 3.33. The van der Waals surface area contributed by atoms with Gasteiger partial charge in [0.05, 0.1) is 12.3 Å². The molecule has 0 bridgehead atoms. The lowest BCUT2D eigenvalue weighted by atomic mass is 10.1. The van der Waals surface area contributed by atoms with E-state index in [2.05, 4.69) is 22.3 Å². The summed E-state index contributed by atoms with van der Waals surface area (Å²) < 4.78 is 5.50. The molecule has 110 valence electrons. The largest absolute Gasteiger partial charge is 0.477 e. The number of aryl methyl sites for hydroxylation is 2. The van der Waals surface area contributed by atoms with Crippen molar-refractivity contribution in [2.45, 2.75) is 26.7 Å². The topological polar surface area (TPSA) is 72.3 Å². The molecule has 0 saturated heterocycles. The van der Waals surface area contributed by atoms with Crippen LogP contribution in [0, 0.1) is 13.8 Å². The van der Waals surface area contributed by atoms with Crippen molar-refractivity contribution in [2.75, 3.05) is 6.61 Å². The number of hydrogen-bond donors (Lipinski definition) is 1. The fraction of sp³-hybridized carbons (Fsp3) is 0.312. The van der Waals surface area contributed by atoms with Gasteiger partial charge in [0, 0.05) is 0 Å². The highest BCUT2D eigenvalue weighted by Crippen LogP contribution is 2.20. The average Bonchev–Trinajstić information content (AvgIpc) is 2.48. The van der Waals surface area contributed by atoms with Gasteiger partial charge >= 0.3 is 5.97 Å². The molecular formula is C16H18N2O3. The van der Waals surface area contributed by atoms with E-state index in [1.54, 1.807) is 13.8 Å². The van der Waals surface area contributed by atoms with Gasteiger partial charge in [-0.15, -0.1) is 5.10 Å². The normalized spacial score (nSPS) is 10.4. The summed E-state index contributed by atoms with van der Waals surface area (Å²) in [6.45, 7) is 3.85. The lowest BCUT2D eigenvalue weighted by Gasteiger charge is -2.10. The first kappa shape index (κ1) is 15.0. The molecule has 1 aromatic heterocycles. The minimum atomic E-state index is -1.04. The van der Waals surface area contributed by atoms with E-state index >= 15 is 0 Å². The molecule has 1 heterocycles. The maximum Gasteiger partial charge on any atom is 0.341 e. The van der Waals surface area contributed by atoms with Crippen LogP contribution >= 0.6 is 0 Å². The maximum atomic E-state index is 11.3. The molecule has 21 heavy (non-hydrogen) atoms. The summed E-state index contributed by atoms with van der Waals surface area (Å²) in [6.07, 6.45) is 1.67. The lowest BCUT2D eigenvalue weighted by Crippen LogP contribution is -2.11. The van der Waals surface area contributed by atoms with Gasteiger partial charge in [-0.25, -0.2) is 4.79 Å². The van der Waals surface area contributed by atoms with E-state index < -0.39 is 5.97 Å². The van der Waals surface area contributed by atoms with Gasteiger partial charge in [0.15, 0.2) is 0 Å². The van der Waals surface area contributed by atoms with E-state index in [4.69, 9.17) is 4.74 Å². The Morgan fingerprint density at radius 1 is 1.19 bits per heavy atom. The van der Waals surface area contributed by atoms with E-state index in [1.165, 1.54) is 5.56 Å². The van der Waals surface area contributed by atoms with Crippen molar-refractivity contribution in [2.24, 2.45) is 0 Å². The smallest absolute Gasteiger partial charge is 0.341 e. The third kappa shape index (κ3) is 3.78. The molecule has 0 amide bonds. The summed E-state index contributed by atoms with van der Waals surface area (Å²) in [4.78, 5) is 11.3. The maximum absolute atomic E-state index is 11.3. The van der Waals surface area contributed by atoms with E-state index in [-0.39, 0.29) is 11.4 Å². The SMILES string of the molecule is Cc1nnc(OCCCc2ccccc2)c(C(=O)O)c1C. The van der Waals surface area contributed by atoms with Crippen molar-refractivity contribution < 1.29 is 14.6 Å². The number of nitrogens with zero attached hydrogens (tertiary/aromatic N) is 2. The molecule has 2 aromatic rings. The van der Waals surface area contributed by atoms with E-state index in [0.29, 0.717) is 17.9 Å². The molecule has 0 unspecified atom stereocenters. The fourth-order valence-corrected chi connectivity index (χ4v) is 2.03. The first-order valence-corrected chi connectivity index (χ1v) is 6.83. The molecule has 0 fully saturated rings. The number of carboxylic acid groups (broad SMARTS) is 1. The molecular weight excluding hydrogens is 268 g/mol. The quantitative estimate of drug-likeness (QED) is 0.827. The predicted octanol–water partition coefficient (Wildman–Crippen LogP) is 2.80. The number of benzene rings is 1. The molecule has 0 spiro atoms. The second kappa shape index (κ2) is 6.83. The summed E-state index contributed by atoms with van der Waals surface area (Å²) in [6, 6.07) is 10.1. The minimum Gasteiger partial charge on any atom is -0.477 e. The Kier molecular flexibility index (Phi) is 4.87. The van der Waals surface area contributed by atoms with Crippen LogP contribution in [-0.4, -0.2) is 27.9 Å². The van der Waals surface area contributed by atoms with Crippen LogP contribution in [-0.2, 0) is 6.42 Å². The standard InChI is InChI=1S/C16H18N2O3/c1-11-12(2)17-18-15(14(11)16(19)20)21-10-6-9-13-7-4-3-5-8-13/h3-5,7-8H,6,9-10H2,1-2H3,(H,19,20). The molecule has 0 radical (unpaired) electrons. The van der Waals surface area contributed by atoms with Gasteiger partial charge in [0.25, 0.3) is 0 Å². The number of aromatic nitrogens is 2. The average molecular weight is 286 g/mol. The van der Waals surface area contributed by atoms with E-state index in [1.807, 2.05) is 18.2 Å². The number of carboxylic acids is 1. The highest BCUT2D eigenvalue weighted by atomic mass is 16.5. The summed E-state index contributed by atoms with van der Waals surface area (Å²) in [7, 11) is 0. The number of rotatable bonds is 6. The van der Waals surface area contributed by atoms with Crippen LogP contribution in [0.25, 0.3) is 0 Å². The Labute approximate surface area is 123 Å². The fourth-order valence-electron chi connectivity index (χ4n) is 2.03. The van der Waals surface area contributed by atoms with Crippen molar-refractivity contribution in [3.05, 3.63) is 52.7 Å². The number of aromatic carboxylic acids is 1. The Morgan fingerprint density at radius 2 is 1.90 bits per heavy atom. The van der Waals surface area contributed by atoms with Gasteiger partial charge in [0.2, 0.25) is 5.88 Å². The molecule has 5 nitrogen and oxygen atoms in total.